The largest absolute Gasteiger partial charge is 0.497 e. The summed E-state index contributed by atoms with van der Waals surface area (Å²) in [5.74, 6) is 1.30. The molecule has 1 atom stereocenters. The molecule has 3 aromatic rings. The number of carbonyl (C=O) groups is 1. The highest BCUT2D eigenvalue weighted by Gasteiger charge is 2.29. The molecule has 1 aliphatic rings. The van der Waals surface area contributed by atoms with E-state index in [1.807, 2.05) is 36.1 Å². The normalized spacial score (nSPS) is 15.9. The maximum absolute atomic E-state index is 13.0. The van der Waals surface area contributed by atoms with Crippen molar-refractivity contribution in [1.82, 2.24) is 19.9 Å². The first-order chi connectivity index (χ1) is 13.2. The minimum atomic E-state index is -0.0614. The summed E-state index contributed by atoms with van der Waals surface area (Å²) in [4.78, 5) is 27.6. The van der Waals surface area contributed by atoms with Crippen LogP contribution in [0.15, 0.2) is 55.1 Å². The average Bonchev–Trinajstić information content (AvgIpc) is 2.74. The molecular formula is C21H20N4O2. The van der Waals surface area contributed by atoms with Crippen LogP contribution in [0.3, 0.4) is 0 Å². The van der Waals surface area contributed by atoms with E-state index in [0.29, 0.717) is 17.9 Å². The van der Waals surface area contributed by atoms with Crippen molar-refractivity contribution in [1.29, 1.82) is 0 Å². The monoisotopic (exact) mass is 360 g/mol. The molecule has 0 saturated carbocycles. The van der Waals surface area contributed by atoms with Gasteiger partial charge in [0.1, 0.15) is 5.75 Å². The molecule has 0 fully saturated rings. The lowest BCUT2D eigenvalue weighted by atomic mass is 9.93. The minimum Gasteiger partial charge on any atom is -0.497 e. The van der Waals surface area contributed by atoms with Crippen LogP contribution in [-0.2, 0) is 6.42 Å². The molecule has 1 amide bonds. The molecule has 136 valence electrons. The highest BCUT2D eigenvalue weighted by molar-refractivity contribution is 5.94. The Hall–Kier alpha value is -3.28. The second kappa shape index (κ2) is 7.15. The highest BCUT2D eigenvalue weighted by Crippen LogP contribution is 2.33. The smallest absolute Gasteiger partial charge is 0.257 e. The number of nitrogens with zero attached hydrogens (tertiary/aromatic N) is 4. The number of amides is 1. The average molecular weight is 360 g/mol. The third-order valence-corrected chi connectivity index (χ3v) is 4.97. The molecule has 0 unspecified atom stereocenters. The SMILES string of the molecule is COc1ccc2c(c1)[C@H](C)N(C(=O)c1cnc(-c3cccnc3)nc1)CC2. The molecule has 4 rings (SSSR count). The Balaban J connectivity index is 1.57. The summed E-state index contributed by atoms with van der Waals surface area (Å²) in [6, 6.07) is 9.75. The fourth-order valence-corrected chi connectivity index (χ4v) is 3.44. The predicted molar refractivity (Wildman–Crippen MR) is 101 cm³/mol. The van der Waals surface area contributed by atoms with Crippen LogP contribution in [0.5, 0.6) is 5.75 Å². The molecule has 6 nitrogen and oxygen atoms in total. The lowest BCUT2D eigenvalue weighted by Gasteiger charge is -2.35. The van der Waals surface area contributed by atoms with Gasteiger partial charge >= 0.3 is 0 Å². The van der Waals surface area contributed by atoms with Crippen molar-refractivity contribution < 1.29 is 9.53 Å². The van der Waals surface area contributed by atoms with Crippen molar-refractivity contribution in [2.75, 3.05) is 13.7 Å². The van der Waals surface area contributed by atoms with Crippen molar-refractivity contribution in [2.24, 2.45) is 0 Å². The molecule has 6 heteroatoms. The Morgan fingerprint density at radius 1 is 1.19 bits per heavy atom. The maximum Gasteiger partial charge on any atom is 0.257 e. The van der Waals surface area contributed by atoms with Crippen molar-refractivity contribution in [2.45, 2.75) is 19.4 Å². The van der Waals surface area contributed by atoms with E-state index < -0.39 is 0 Å². The lowest BCUT2D eigenvalue weighted by molar-refractivity contribution is 0.0676. The van der Waals surface area contributed by atoms with E-state index in [1.165, 1.54) is 5.56 Å². The van der Waals surface area contributed by atoms with Gasteiger partial charge in [0.15, 0.2) is 5.82 Å². The number of ether oxygens (including phenoxy) is 1. The van der Waals surface area contributed by atoms with Crippen LogP contribution in [0.25, 0.3) is 11.4 Å². The molecule has 0 spiro atoms. The van der Waals surface area contributed by atoms with Gasteiger partial charge in [-0.05, 0) is 48.7 Å². The van der Waals surface area contributed by atoms with E-state index in [0.717, 1.165) is 23.3 Å². The molecule has 2 aromatic heterocycles. The molecule has 0 radical (unpaired) electrons. The quantitative estimate of drug-likeness (QED) is 0.717. The number of hydrogen-bond acceptors (Lipinski definition) is 5. The van der Waals surface area contributed by atoms with E-state index >= 15 is 0 Å². The Morgan fingerprint density at radius 2 is 2.00 bits per heavy atom. The maximum atomic E-state index is 13.0. The number of pyridine rings is 1. The first-order valence-electron chi connectivity index (χ1n) is 8.87. The second-order valence-electron chi connectivity index (χ2n) is 6.53. The zero-order valence-corrected chi connectivity index (χ0v) is 15.3. The predicted octanol–water partition coefficient (Wildman–Crippen LogP) is 3.31. The Kier molecular flexibility index (Phi) is 4.54. The molecule has 0 N–H and O–H groups in total. The summed E-state index contributed by atoms with van der Waals surface area (Å²) < 4.78 is 5.34. The van der Waals surface area contributed by atoms with E-state index in [-0.39, 0.29) is 11.9 Å². The summed E-state index contributed by atoms with van der Waals surface area (Å²) in [6.45, 7) is 2.71. The summed E-state index contributed by atoms with van der Waals surface area (Å²) in [6.07, 6.45) is 7.40. The van der Waals surface area contributed by atoms with E-state index in [9.17, 15) is 4.79 Å². The van der Waals surface area contributed by atoms with Crippen LogP contribution in [0.1, 0.15) is 34.5 Å². The molecule has 0 saturated heterocycles. The van der Waals surface area contributed by atoms with Crippen molar-refractivity contribution in [3.8, 4) is 17.1 Å². The summed E-state index contributed by atoms with van der Waals surface area (Å²) in [7, 11) is 1.65. The van der Waals surface area contributed by atoms with Crippen molar-refractivity contribution >= 4 is 5.91 Å². The number of methoxy groups -OCH3 is 1. The molecule has 3 heterocycles. The molecule has 0 aliphatic carbocycles. The number of rotatable bonds is 3. The van der Waals surface area contributed by atoms with Crippen LogP contribution in [0.2, 0.25) is 0 Å². The third kappa shape index (κ3) is 3.26. The Morgan fingerprint density at radius 3 is 2.70 bits per heavy atom. The Bertz CT molecular complexity index is 958. The van der Waals surface area contributed by atoms with Crippen LogP contribution in [0.4, 0.5) is 0 Å². The van der Waals surface area contributed by atoms with E-state index in [1.54, 1.807) is 31.9 Å². The van der Waals surface area contributed by atoms with Crippen LogP contribution in [0, 0.1) is 0 Å². The van der Waals surface area contributed by atoms with Gasteiger partial charge in [0.05, 0.1) is 18.7 Å². The van der Waals surface area contributed by atoms with E-state index in [4.69, 9.17) is 4.74 Å². The fraction of sp³-hybridized carbons (Fsp3) is 0.238. The summed E-state index contributed by atoms with van der Waals surface area (Å²) in [5, 5.41) is 0. The molecular weight excluding hydrogens is 340 g/mol. The van der Waals surface area contributed by atoms with Crippen molar-refractivity contribution in [3.05, 3.63) is 71.8 Å². The number of hydrogen-bond donors (Lipinski definition) is 0. The first kappa shape index (κ1) is 17.1. The zero-order chi connectivity index (χ0) is 18.8. The fourth-order valence-electron chi connectivity index (χ4n) is 3.44. The van der Waals surface area contributed by atoms with Gasteiger partial charge in [-0.25, -0.2) is 9.97 Å². The molecule has 27 heavy (non-hydrogen) atoms. The Labute approximate surface area is 157 Å². The summed E-state index contributed by atoms with van der Waals surface area (Å²) in [5.41, 5.74) is 3.70. The van der Waals surface area contributed by atoms with Gasteiger partial charge in [0.25, 0.3) is 5.91 Å². The van der Waals surface area contributed by atoms with Gasteiger partial charge < -0.3 is 9.64 Å². The standard InChI is InChI=1S/C21H20N4O2/c1-14-19-10-18(27-2)6-5-15(19)7-9-25(14)21(26)17-12-23-20(24-13-17)16-4-3-8-22-11-16/h3-6,8,10-14H,7,9H2,1-2H3/t14-/m0/s1. The number of carbonyl (C=O) groups excluding carboxylic acids is 1. The highest BCUT2D eigenvalue weighted by atomic mass is 16.5. The minimum absolute atomic E-state index is 0.0330. The van der Waals surface area contributed by atoms with Crippen LogP contribution >= 0.6 is 0 Å². The third-order valence-electron chi connectivity index (χ3n) is 4.97. The van der Waals surface area contributed by atoms with Gasteiger partial charge in [-0.2, -0.15) is 0 Å². The van der Waals surface area contributed by atoms with Crippen molar-refractivity contribution in [3.63, 3.8) is 0 Å². The first-order valence-corrected chi connectivity index (χ1v) is 8.87. The van der Waals surface area contributed by atoms with Crippen LogP contribution in [-0.4, -0.2) is 39.4 Å². The summed E-state index contributed by atoms with van der Waals surface area (Å²) >= 11 is 0. The second-order valence-corrected chi connectivity index (χ2v) is 6.53. The van der Waals surface area contributed by atoms with Gasteiger partial charge in [-0.3, -0.25) is 9.78 Å². The zero-order valence-electron chi connectivity index (χ0n) is 15.3. The van der Waals surface area contributed by atoms with Gasteiger partial charge in [-0.1, -0.05) is 6.07 Å². The lowest BCUT2D eigenvalue weighted by Crippen LogP contribution is -2.39. The molecule has 1 aliphatic heterocycles. The van der Waals surface area contributed by atoms with Gasteiger partial charge in [0.2, 0.25) is 0 Å². The van der Waals surface area contributed by atoms with Crippen LogP contribution < -0.4 is 4.74 Å². The van der Waals surface area contributed by atoms with Gasteiger partial charge in [-0.15, -0.1) is 0 Å². The number of benzene rings is 1. The van der Waals surface area contributed by atoms with Gasteiger partial charge in [0, 0.05) is 36.9 Å². The van der Waals surface area contributed by atoms with E-state index in [2.05, 4.69) is 21.0 Å². The molecule has 0 bridgehead atoms. The molecule has 1 aromatic carbocycles. The number of fused-ring (bicyclic) bond motifs is 1. The number of aromatic nitrogens is 3. The topological polar surface area (TPSA) is 68.2 Å².